The minimum absolute atomic E-state index is 0.104. The molecule has 130 valence electrons. The van der Waals surface area contributed by atoms with Crippen molar-refractivity contribution in [3.63, 3.8) is 0 Å². The van der Waals surface area contributed by atoms with Gasteiger partial charge < -0.3 is 4.74 Å². The molecule has 1 aromatic carbocycles. The Bertz CT molecular complexity index is 576. The molecule has 0 heterocycles. The van der Waals surface area contributed by atoms with E-state index in [0.29, 0.717) is 23.3 Å². The van der Waals surface area contributed by atoms with Gasteiger partial charge in [0.1, 0.15) is 12.0 Å². The molecule has 0 amide bonds. The highest BCUT2D eigenvalue weighted by atomic mass is 16.5. The molecule has 0 bridgehead atoms. The van der Waals surface area contributed by atoms with Gasteiger partial charge in [0.2, 0.25) is 0 Å². The van der Waals surface area contributed by atoms with Crippen LogP contribution in [-0.4, -0.2) is 17.9 Å². The zero-order chi connectivity index (χ0) is 17.7. The van der Waals surface area contributed by atoms with Gasteiger partial charge in [0.25, 0.3) is 0 Å². The van der Waals surface area contributed by atoms with Crippen molar-refractivity contribution < 1.29 is 14.3 Å². The summed E-state index contributed by atoms with van der Waals surface area (Å²) in [5, 5.41) is 0. The zero-order valence-electron chi connectivity index (χ0n) is 14.9. The van der Waals surface area contributed by atoms with Crippen molar-refractivity contribution in [3.05, 3.63) is 48.6 Å². The maximum atomic E-state index is 12.6. The Morgan fingerprint density at radius 1 is 1.21 bits per heavy atom. The molecule has 0 spiro atoms. The van der Waals surface area contributed by atoms with Crippen LogP contribution in [-0.2, 0) is 9.53 Å². The smallest absolute Gasteiger partial charge is 0.321 e. The van der Waals surface area contributed by atoms with Gasteiger partial charge in [0.05, 0.1) is 0 Å². The first-order valence-electron chi connectivity index (χ1n) is 8.86. The normalized spacial score (nSPS) is 25.1. The Morgan fingerprint density at radius 3 is 2.46 bits per heavy atom. The summed E-state index contributed by atoms with van der Waals surface area (Å²) in [4.78, 5) is 25.2. The highest BCUT2D eigenvalue weighted by Crippen LogP contribution is 2.35. The van der Waals surface area contributed by atoms with Gasteiger partial charge in [-0.1, -0.05) is 63.6 Å². The fourth-order valence-electron chi connectivity index (χ4n) is 3.56. The van der Waals surface area contributed by atoms with Crippen LogP contribution in [0.1, 0.15) is 50.4 Å². The monoisotopic (exact) mass is 328 g/mol. The molecule has 3 heteroatoms. The predicted octanol–water partition coefficient (Wildman–Crippen LogP) is 4.68. The molecule has 0 unspecified atom stereocenters. The van der Waals surface area contributed by atoms with Crippen LogP contribution in [0.2, 0.25) is 0 Å². The van der Waals surface area contributed by atoms with Crippen LogP contribution in [0.25, 0.3) is 0 Å². The fourth-order valence-corrected chi connectivity index (χ4v) is 3.56. The molecular weight excluding hydrogens is 300 g/mol. The lowest BCUT2D eigenvalue weighted by Gasteiger charge is -2.37. The maximum Gasteiger partial charge on any atom is 0.321 e. The van der Waals surface area contributed by atoms with Gasteiger partial charge >= 0.3 is 5.97 Å². The molecule has 3 nitrogen and oxygen atoms in total. The predicted molar refractivity (Wildman–Crippen MR) is 95.7 cm³/mol. The topological polar surface area (TPSA) is 43.4 Å². The molecule has 0 N–H and O–H groups in total. The SMILES string of the molecule is C=C[C@H](C(=O)O[C@@H]1C[C@H](C)CC[C@H]1C(C)C)C(=O)c1ccccc1. The number of ether oxygens (including phenoxy) is 1. The van der Waals surface area contributed by atoms with E-state index in [9.17, 15) is 9.59 Å². The van der Waals surface area contributed by atoms with E-state index in [-0.39, 0.29) is 11.9 Å². The van der Waals surface area contributed by atoms with E-state index in [1.54, 1.807) is 24.3 Å². The van der Waals surface area contributed by atoms with Gasteiger partial charge in [-0.15, -0.1) is 6.58 Å². The lowest BCUT2D eigenvalue weighted by atomic mass is 9.75. The van der Waals surface area contributed by atoms with E-state index in [4.69, 9.17) is 4.74 Å². The second kappa shape index (κ2) is 8.27. The Labute approximate surface area is 145 Å². The summed E-state index contributed by atoms with van der Waals surface area (Å²) in [5.74, 6) is -0.281. The van der Waals surface area contributed by atoms with Crippen molar-refractivity contribution in [1.82, 2.24) is 0 Å². The minimum atomic E-state index is -0.933. The van der Waals surface area contributed by atoms with E-state index < -0.39 is 11.9 Å². The van der Waals surface area contributed by atoms with Gasteiger partial charge in [-0.05, 0) is 30.6 Å². The Balaban J connectivity index is 2.10. The average molecular weight is 328 g/mol. The first kappa shape index (κ1) is 18.4. The van der Waals surface area contributed by atoms with Crippen LogP contribution < -0.4 is 0 Å². The summed E-state index contributed by atoms with van der Waals surface area (Å²) >= 11 is 0. The van der Waals surface area contributed by atoms with E-state index in [1.165, 1.54) is 12.5 Å². The van der Waals surface area contributed by atoms with Crippen LogP contribution in [0.5, 0.6) is 0 Å². The molecular formula is C21H28O3. The second-order valence-corrected chi connectivity index (χ2v) is 7.25. The van der Waals surface area contributed by atoms with Crippen LogP contribution in [0.4, 0.5) is 0 Å². The molecule has 1 saturated carbocycles. The van der Waals surface area contributed by atoms with E-state index in [2.05, 4.69) is 27.4 Å². The van der Waals surface area contributed by atoms with Gasteiger partial charge in [0.15, 0.2) is 5.78 Å². The molecule has 1 aliphatic carbocycles. The van der Waals surface area contributed by atoms with Crippen molar-refractivity contribution in [2.24, 2.45) is 23.7 Å². The lowest BCUT2D eigenvalue weighted by Crippen LogP contribution is -2.38. The maximum absolute atomic E-state index is 12.6. The van der Waals surface area contributed by atoms with E-state index in [1.807, 2.05) is 6.07 Å². The van der Waals surface area contributed by atoms with Crippen LogP contribution >= 0.6 is 0 Å². The molecule has 4 atom stereocenters. The standard InChI is InChI=1S/C21H28O3/c1-5-17(20(22)16-9-7-6-8-10-16)21(23)24-19-13-15(4)11-12-18(19)14(2)3/h5-10,14-15,17-19H,1,11-13H2,2-4H3/t15-,17+,18+,19-/m1/s1. The van der Waals surface area contributed by atoms with Crippen LogP contribution in [0.3, 0.4) is 0 Å². The largest absolute Gasteiger partial charge is 0.461 e. The number of carbonyl (C=O) groups is 2. The number of Topliss-reactive ketones (excluding diaryl/α,β-unsaturated/α-hetero) is 1. The number of esters is 1. The number of carbonyl (C=O) groups excluding carboxylic acids is 2. The van der Waals surface area contributed by atoms with Gasteiger partial charge in [-0.25, -0.2) is 0 Å². The summed E-state index contributed by atoms with van der Waals surface area (Å²) in [5.41, 5.74) is 0.511. The first-order valence-corrected chi connectivity index (χ1v) is 8.86. The van der Waals surface area contributed by atoms with E-state index in [0.717, 1.165) is 12.8 Å². The van der Waals surface area contributed by atoms with Gasteiger partial charge in [-0.2, -0.15) is 0 Å². The highest BCUT2D eigenvalue weighted by Gasteiger charge is 2.36. The van der Waals surface area contributed by atoms with Crippen molar-refractivity contribution in [2.75, 3.05) is 0 Å². The summed E-state index contributed by atoms with van der Waals surface area (Å²) in [7, 11) is 0. The number of rotatable bonds is 6. The highest BCUT2D eigenvalue weighted by molar-refractivity contribution is 6.10. The van der Waals surface area contributed by atoms with Gasteiger partial charge in [0, 0.05) is 5.56 Å². The number of hydrogen-bond donors (Lipinski definition) is 0. The third-order valence-electron chi connectivity index (χ3n) is 5.06. The Morgan fingerprint density at radius 2 is 1.88 bits per heavy atom. The van der Waals surface area contributed by atoms with Crippen LogP contribution in [0.15, 0.2) is 43.0 Å². The van der Waals surface area contributed by atoms with Crippen molar-refractivity contribution >= 4 is 11.8 Å². The average Bonchev–Trinajstić information content (AvgIpc) is 2.56. The Kier molecular flexibility index (Phi) is 6.36. The first-order chi connectivity index (χ1) is 11.4. The summed E-state index contributed by atoms with van der Waals surface area (Å²) in [6.45, 7) is 10.2. The molecule has 24 heavy (non-hydrogen) atoms. The van der Waals surface area contributed by atoms with Gasteiger partial charge in [-0.3, -0.25) is 9.59 Å². The third-order valence-corrected chi connectivity index (χ3v) is 5.06. The molecule has 1 aliphatic rings. The summed E-state index contributed by atoms with van der Waals surface area (Å²) < 4.78 is 5.80. The molecule has 2 rings (SSSR count). The van der Waals surface area contributed by atoms with Crippen LogP contribution in [0, 0.1) is 23.7 Å². The number of ketones is 1. The lowest BCUT2D eigenvalue weighted by molar-refractivity contribution is -0.157. The van der Waals surface area contributed by atoms with E-state index >= 15 is 0 Å². The number of benzene rings is 1. The molecule has 1 aromatic rings. The summed E-state index contributed by atoms with van der Waals surface area (Å²) in [6.07, 6.45) is 4.41. The third kappa shape index (κ3) is 4.34. The van der Waals surface area contributed by atoms with Crippen molar-refractivity contribution in [3.8, 4) is 0 Å². The number of hydrogen-bond acceptors (Lipinski definition) is 3. The zero-order valence-corrected chi connectivity index (χ0v) is 14.9. The molecule has 0 aliphatic heterocycles. The fraction of sp³-hybridized carbons (Fsp3) is 0.524. The molecule has 0 radical (unpaired) electrons. The minimum Gasteiger partial charge on any atom is -0.461 e. The van der Waals surface area contributed by atoms with Crippen molar-refractivity contribution in [1.29, 1.82) is 0 Å². The molecule has 0 saturated heterocycles. The Hall–Kier alpha value is -1.90. The molecule has 1 fully saturated rings. The van der Waals surface area contributed by atoms with Crippen molar-refractivity contribution in [2.45, 2.75) is 46.1 Å². The summed E-state index contributed by atoms with van der Waals surface area (Å²) in [6, 6.07) is 8.85. The quantitative estimate of drug-likeness (QED) is 0.330. The molecule has 0 aromatic heterocycles. The second-order valence-electron chi connectivity index (χ2n) is 7.25.